The Morgan fingerprint density at radius 2 is 1.94 bits per heavy atom. The summed E-state index contributed by atoms with van der Waals surface area (Å²) < 4.78 is 3.17. The van der Waals surface area contributed by atoms with E-state index in [0.717, 1.165) is 45.1 Å². The van der Waals surface area contributed by atoms with Crippen LogP contribution < -0.4 is 5.43 Å². The molecule has 172 valence electrons. The van der Waals surface area contributed by atoms with Gasteiger partial charge in [-0.25, -0.2) is 5.43 Å². The Bertz CT molecular complexity index is 1140. The fourth-order valence-electron chi connectivity index (χ4n) is 3.93. The molecule has 1 amide bonds. The molecule has 0 radical (unpaired) electrons. The third-order valence-corrected chi connectivity index (χ3v) is 7.32. The molecular weight excluding hydrogens is 522 g/mol. The molecule has 33 heavy (non-hydrogen) atoms. The fraction of sp³-hybridized carbons (Fsp3) is 0.333. The highest BCUT2D eigenvalue weighted by molar-refractivity contribution is 9.10. The lowest BCUT2D eigenvalue weighted by Crippen LogP contribution is -2.22. The molecule has 0 saturated heterocycles. The minimum Gasteiger partial charge on any atom is -0.299 e. The molecule has 0 unspecified atom stereocenters. The number of aromatic nitrogens is 3. The number of nitrogens with one attached hydrogen (secondary N) is 1. The van der Waals surface area contributed by atoms with Crippen LogP contribution in [0.25, 0.3) is 11.4 Å². The van der Waals surface area contributed by atoms with Gasteiger partial charge in [-0.3, -0.25) is 9.36 Å². The van der Waals surface area contributed by atoms with Gasteiger partial charge in [0, 0.05) is 21.1 Å². The van der Waals surface area contributed by atoms with Crippen molar-refractivity contribution in [3.05, 3.63) is 63.6 Å². The second kappa shape index (κ2) is 11.3. The van der Waals surface area contributed by atoms with Crippen molar-refractivity contribution in [2.45, 2.75) is 50.2 Å². The molecule has 0 aliphatic heterocycles. The zero-order valence-electron chi connectivity index (χ0n) is 18.3. The monoisotopic (exact) mass is 545 g/mol. The van der Waals surface area contributed by atoms with Gasteiger partial charge in [0.1, 0.15) is 0 Å². The zero-order valence-corrected chi connectivity index (χ0v) is 21.5. The second-order valence-electron chi connectivity index (χ2n) is 8.01. The maximum atomic E-state index is 12.5. The van der Waals surface area contributed by atoms with Crippen molar-refractivity contribution in [3.8, 4) is 11.4 Å². The van der Waals surface area contributed by atoms with Gasteiger partial charge in [0.05, 0.1) is 11.5 Å². The Morgan fingerprint density at radius 3 is 2.67 bits per heavy atom. The largest absolute Gasteiger partial charge is 0.299 e. The Morgan fingerprint density at radius 1 is 1.18 bits per heavy atom. The predicted molar refractivity (Wildman–Crippen MR) is 138 cm³/mol. The molecule has 0 bridgehead atoms. The average molecular weight is 547 g/mol. The van der Waals surface area contributed by atoms with Crippen LogP contribution >= 0.6 is 39.3 Å². The van der Waals surface area contributed by atoms with Gasteiger partial charge in [0.25, 0.3) is 5.91 Å². The topological polar surface area (TPSA) is 72.2 Å². The molecule has 1 N–H and O–H groups in total. The molecule has 0 atom stereocenters. The second-order valence-corrected chi connectivity index (χ2v) is 10.3. The van der Waals surface area contributed by atoms with Crippen LogP contribution in [0.4, 0.5) is 0 Å². The standard InChI is InChI=1S/C24H25BrClN5OS/c1-16(18-6-5-7-19(25)14-18)27-28-22(32)15-33-24-30-29-23(17-10-12-20(26)13-11-17)31(24)21-8-3-2-4-9-21/h5-7,10-14,21H,2-4,8-9,15H2,1H3,(H,28,32). The number of carbonyl (C=O) groups is 1. The molecule has 0 spiro atoms. The van der Waals surface area contributed by atoms with Crippen LogP contribution in [-0.4, -0.2) is 32.1 Å². The summed E-state index contributed by atoms with van der Waals surface area (Å²) in [5.41, 5.74) is 5.32. The first-order valence-corrected chi connectivity index (χ1v) is 13.1. The minimum atomic E-state index is -0.180. The molecule has 6 nitrogen and oxygen atoms in total. The highest BCUT2D eigenvalue weighted by Crippen LogP contribution is 2.35. The number of hydrogen-bond donors (Lipinski definition) is 1. The third-order valence-electron chi connectivity index (χ3n) is 5.63. The van der Waals surface area contributed by atoms with Crippen LogP contribution in [0.1, 0.15) is 50.6 Å². The number of halogens is 2. The number of rotatable bonds is 7. The lowest BCUT2D eigenvalue weighted by molar-refractivity contribution is -0.118. The summed E-state index contributed by atoms with van der Waals surface area (Å²) in [6, 6.07) is 15.8. The number of thioether (sulfide) groups is 1. The average Bonchev–Trinajstić information content (AvgIpc) is 3.26. The van der Waals surface area contributed by atoms with Crippen molar-refractivity contribution in [3.63, 3.8) is 0 Å². The summed E-state index contributed by atoms with van der Waals surface area (Å²) in [7, 11) is 0. The third kappa shape index (κ3) is 6.25. The van der Waals surface area contributed by atoms with E-state index in [1.54, 1.807) is 0 Å². The molecule has 1 heterocycles. The number of hydrazone groups is 1. The van der Waals surface area contributed by atoms with E-state index in [4.69, 9.17) is 11.6 Å². The van der Waals surface area contributed by atoms with E-state index in [-0.39, 0.29) is 11.7 Å². The lowest BCUT2D eigenvalue weighted by atomic mass is 9.95. The van der Waals surface area contributed by atoms with Crippen LogP contribution in [0, 0.1) is 0 Å². The molecular formula is C24H25BrClN5OS. The van der Waals surface area contributed by atoms with E-state index in [9.17, 15) is 4.79 Å². The minimum absolute atomic E-state index is 0.180. The molecule has 1 aromatic heterocycles. The Labute approximate surface area is 211 Å². The van der Waals surface area contributed by atoms with Gasteiger partial charge in [-0.05, 0) is 61.7 Å². The Hall–Kier alpha value is -2.16. The number of nitrogens with zero attached hydrogens (tertiary/aromatic N) is 4. The van der Waals surface area contributed by atoms with Crippen LogP contribution in [-0.2, 0) is 4.79 Å². The van der Waals surface area contributed by atoms with Crippen molar-refractivity contribution in [2.75, 3.05) is 5.75 Å². The van der Waals surface area contributed by atoms with E-state index >= 15 is 0 Å². The summed E-state index contributed by atoms with van der Waals surface area (Å²) in [4.78, 5) is 12.5. The number of benzene rings is 2. The van der Waals surface area contributed by atoms with Gasteiger partial charge in [-0.1, -0.05) is 70.7 Å². The SMILES string of the molecule is CC(=NNC(=O)CSc1nnc(-c2ccc(Cl)cc2)n1C1CCCCC1)c1cccc(Br)c1. The van der Waals surface area contributed by atoms with Gasteiger partial charge in [-0.15, -0.1) is 10.2 Å². The molecule has 3 aromatic rings. The van der Waals surface area contributed by atoms with Crippen LogP contribution in [0.3, 0.4) is 0 Å². The molecule has 1 saturated carbocycles. The van der Waals surface area contributed by atoms with E-state index in [1.807, 2.05) is 55.5 Å². The van der Waals surface area contributed by atoms with Crippen LogP contribution in [0.15, 0.2) is 63.3 Å². The van der Waals surface area contributed by atoms with Crippen molar-refractivity contribution >= 4 is 50.9 Å². The lowest BCUT2D eigenvalue weighted by Gasteiger charge is -2.25. The Balaban J connectivity index is 1.47. The predicted octanol–water partition coefficient (Wildman–Crippen LogP) is 6.50. The molecule has 4 rings (SSSR count). The first kappa shape index (κ1) is 24.0. The summed E-state index contributed by atoms with van der Waals surface area (Å²) in [6.07, 6.45) is 5.83. The van der Waals surface area contributed by atoms with Gasteiger partial charge in [-0.2, -0.15) is 5.10 Å². The first-order valence-electron chi connectivity index (χ1n) is 10.9. The molecule has 1 aliphatic rings. The number of hydrogen-bond acceptors (Lipinski definition) is 5. The normalized spacial score (nSPS) is 14.9. The number of carbonyl (C=O) groups excluding carboxylic acids is 1. The Kier molecular flexibility index (Phi) is 8.22. The quantitative estimate of drug-likeness (QED) is 0.209. The highest BCUT2D eigenvalue weighted by Gasteiger charge is 2.24. The van der Waals surface area contributed by atoms with Gasteiger partial charge in [0.2, 0.25) is 0 Å². The van der Waals surface area contributed by atoms with Gasteiger partial charge in [0.15, 0.2) is 11.0 Å². The van der Waals surface area contributed by atoms with E-state index in [2.05, 4.69) is 41.2 Å². The molecule has 9 heteroatoms. The van der Waals surface area contributed by atoms with Gasteiger partial charge < -0.3 is 0 Å². The van der Waals surface area contributed by atoms with Crippen molar-refractivity contribution < 1.29 is 4.79 Å². The fourth-order valence-corrected chi connectivity index (χ4v) is 5.25. The van der Waals surface area contributed by atoms with Crippen molar-refractivity contribution in [1.82, 2.24) is 20.2 Å². The van der Waals surface area contributed by atoms with E-state index < -0.39 is 0 Å². The maximum Gasteiger partial charge on any atom is 0.250 e. The van der Waals surface area contributed by atoms with E-state index in [1.165, 1.54) is 31.0 Å². The summed E-state index contributed by atoms with van der Waals surface area (Å²) in [5, 5.41) is 14.6. The summed E-state index contributed by atoms with van der Waals surface area (Å²) >= 11 is 10.9. The highest BCUT2D eigenvalue weighted by atomic mass is 79.9. The molecule has 1 aliphatic carbocycles. The van der Waals surface area contributed by atoms with Crippen molar-refractivity contribution in [1.29, 1.82) is 0 Å². The van der Waals surface area contributed by atoms with E-state index in [0.29, 0.717) is 11.1 Å². The summed E-state index contributed by atoms with van der Waals surface area (Å²) in [5.74, 6) is 0.853. The zero-order chi connectivity index (χ0) is 23.2. The maximum absolute atomic E-state index is 12.5. The molecule has 2 aromatic carbocycles. The first-order chi connectivity index (χ1) is 16.0. The molecule has 1 fully saturated rings. The summed E-state index contributed by atoms with van der Waals surface area (Å²) in [6.45, 7) is 1.87. The van der Waals surface area contributed by atoms with Gasteiger partial charge >= 0.3 is 0 Å². The van der Waals surface area contributed by atoms with Crippen LogP contribution in [0.2, 0.25) is 5.02 Å². The number of amides is 1. The van der Waals surface area contributed by atoms with Crippen molar-refractivity contribution in [2.24, 2.45) is 5.10 Å². The smallest absolute Gasteiger partial charge is 0.250 e. The van der Waals surface area contributed by atoms with Crippen LogP contribution in [0.5, 0.6) is 0 Å².